The highest BCUT2D eigenvalue weighted by molar-refractivity contribution is 8.09. The van der Waals surface area contributed by atoms with Gasteiger partial charge in [-0.1, -0.05) is 52.3 Å². The Bertz CT molecular complexity index is 1210. The summed E-state index contributed by atoms with van der Waals surface area (Å²) in [4.78, 5) is 19.1. The zero-order chi connectivity index (χ0) is 27.7. The maximum Gasteiger partial charge on any atom is 0.307 e. The van der Waals surface area contributed by atoms with Gasteiger partial charge in [-0.3, -0.25) is 9.48 Å². The van der Waals surface area contributed by atoms with Crippen LogP contribution in [-0.2, 0) is 21.3 Å². The topological polar surface area (TPSA) is 134 Å². The number of carboxylic acids is 1. The summed E-state index contributed by atoms with van der Waals surface area (Å²) in [7, 11) is 2.73. The molecular weight excluding hydrogens is 588 g/mol. The van der Waals surface area contributed by atoms with Crippen molar-refractivity contribution < 1.29 is 19.8 Å². The minimum absolute atomic E-state index is 0.195. The Morgan fingerprint density at radius 2 is 2.05 bits per heavy atom. The van der Waals surface area contributed by atoms with Crippen molar-refractivity contribution in [1.82, 2.24) is 15.0 Å². The fourth-order valence-corrected chi connectivity index (χ4v) is 7.15. The smallest absolute Gasteiger partial charge is 0.307 e. The average molecular weight is 619 g/mol. The Morgan fingerprint density at radius 1 is 1.32 bits per heavy atom. The standard InChI is InChI=1S/C24H30Cl2N5O4PS2/c1-24(36,7-8-27)19-13-31(30-29-19)9-3-2-4-10-35-28-12-15(11-20(33)34)21-18(14-32)37-22-16(25)5-6-17(26)23(22)38-21/h5-6,8,12-13,18,27,32H,2-4,7,9-11,14,36H2,1H3,(H,33,34)/b21-15-,27-8?,28-12+. The molecule has 0 saturated carbocycles. The lowest BCUT2D eigenvalue weighted by Gasteiger charge is -2.28. The maximum absolute atomic E-state index is 11.5. The number of aliphatic hydroxyl groups is 1. The second kappa shape index (κ2) is 14.7. The van der Waals surface area contributed by atoms with E-state index in [0.717, 1.165) is 41.3 Å². The Kier molecular flexibility index (Phi) is 11.9. The summed E-state index contributed by atoms with van der Waals surface area (Å²) >= 11 is 15.4. The molecule has 0 saturated heterocycles. The zero-order valence-electron chi connectivity index (χ0n) is 20.8. The predicted octanol–water partition coefficient (Wildman–Crippen LogP) is 5.88. The first-order valence-corrected chi connectivity index (χ1v) is 14.9. The van der Waals surface area contributed by atoms with Gasteiger partial charge in [-0.2, -0.15) is 0 Å². The molecule has 3 unspecified atom stereocenters. The molecule has 1 aliphatic heterocycles. The van der Waals surface area contributed by atoms with Crippen molar-refractivity contribution in [3.8, 4) is 0 Å². The second-order valence-electron chi connectivity index (χ2n) is 8.86. The summed E-state index contributed by atoms with van der Waals surface area (Å²) in [5.41, 5.74) is 1.28. The predicted molar refractivity (Wildman–Crippen MR) is 157 cm³/mol. The molecule has 9 nitrogen and oxygen atoms in total. The van der Waals surface area contributed by atoms with E-state index < -0.39 is 11.2 Å². The monoisotopic (exact) mass is 617 g/mol. The number of hydrogen-bond acceptors (Lipinski definition) is 9. The highest BCUT2D eigenvalue weighted by Crippen LogP contribution is 2.53. The number of rotatable bonds is 14. The molecule has 14 heteroatoms. The molecule has 0 radical (unpaired) electrons. The number of carbonyl (C=O) groups is 1. The molecule has 2 heterocycles. The molecule has 206 valence electrons. The van der Waals surface area contributed by atoms with Crippen molar-refractivity contribution in [2.24, 2.45) is 5.16 Å². The molecule has 1 aliphatic rings. The fourth-order valence-electron chi connectivity index (χ4n) is 3.60. The lowest BCUT2D eigenvalue weighted by atomic mass is 10.0. The van der Waals surface area contributed by atoms with Gasteiger partial charge >= 0.3 is 5.97 Å². The molecule has 3 rings (SSSR count). The van der Waals surface area contributed by atoms with Gasteiger partial charge in [0.15, 0.2) is 0 Å². The SMILES string of the molecule is CC(P)(CC=N)c1cn(CCCCCO/N=C/C(CC(=O)O)=C2\Sc3c(Cl)ccc(Cl)c3SC2CO)nn1. The average Bonchev–Trinajstić information content (AvgIpc) is 3.36. The minimum atomic E-state index is -1.01. The van der Waals surface area contributed by atoms with Crippen LogP contribution in [0, 0.1) is 5.41 Å². The Hall–Kier alpha value is -1.62. The number of hydrogen-bond donors (Lipinski definition) is 3. The molecule has 38 heavy (non-hydrogen) atoms. The number of nitrogens with one attached hydrogen (secondary N) is 1. The number of benzene rings is 1. The molecule has 0 aliphatic carbocycles. The van der Waals surface area contributed by atoms with Crippen molar-refractivity contribution in [3.05, 3.63) is 44.5 Å². The van der Waals surface area contributed by atoms with Crippen LogP contribution in [0.15, 0.2) is 43.8 Å². The van der Waals surface area contributed by atoms with E-state index in [1.54, 1.807) is 16.8 Å². The summed E-state index contributed by atoms with van der Waals surface area (Å²) in [5, 5.41) is 39.5. The number of aromatic nitrogens is 3. The number of nitrogens with zero attached hydrogens (tertiary/aromatic N) is 4. The number of carboxylic acid groups (broad SMARTS) is 1. The van der Waals surface area contributed by atoms with Gasteiger partial charge in [0.05, 0.1) is 40.2 Å². The maximum atomic E-state index is 11.5. The number of aryl methyl sites for hydroxylation is 1. The first kappa shape index (κ1) is 30.9. The Balaban J connectivity index is 1.54. The molecule has 0 fully saturated rings. The minimum Gasteiger partial charge on any atom is -0.481 e. The molecule has 1 aromatic heterocycles. The van der Waals surface area contributed by atoms with Crippen LogP contribution in [0.5, 0.6) is 0 Å². The van der Waals surface area contributed by atoms with Crippen LogP contribution < -0.4 is 0 Å². The van der Waals surface area contributed by atoms with Crippen LogP contribution >= 0.6 is 56.0 Å². The molecule has 0 spiro atoms. The van der Waals surface area contributed by atoms with Crippen LogP contribution in [0.4, 0.5) is 0 Å². The molecular formula is C24H30Cl2N5O4PS2. The van der Waals surface area contributed by atoms with Gasteiger partial charge in [0.2, 0.25) is 0 Å². The summed E-state index contributed by atoms with van der Waals surface area (Å²) in [5.74, 6) is -1.01. The van der Waals surface area contributed by atoms with Crippen molar-refractivity contribution in [3.63, 3.8) is 0 Å². The first-order chi connectivity index (χ1) is 18.2. The van der Waals surface area contributed by atoms with E-state index in [9.17, 15) is 15.0 Å². The van der Waals surface area contributed by atoms with E-state index in [-0.39, 0.29) is 18.2 Å². The molecule has 2 aromatic rings. The van der Waals surface area contributed by atoms with Gasteiger partial charge in [0, 0.05) is 32.6 Å². The summed E-state index contributed by atoms with van der Waals surface area (Å²) < 4.78 is 1.81. The van der Waals surface area contributed by atoms with Crippen LogP contribution in [0.3, 0.4) is 0 Å². The Labute approximate surface area is 242 Å². The summed E-state index contributed by atoms with van der Waals surface area (Å²) in [6, 6.07) is 3.40. The first-order valence-electron chi connectivity index (χ1n) is 11.9. The van der Waals surface area contributed by atoms with E-state index in [0.29, 0.717) is 33.6 Å². The van der Waals surface area contributed by atoms with Crippen molar-refractivity contribution >= 4 is 74.4 Å². The van der Waals surface area contributed by atoms with Crippen LogP contribution in [-0.4, -0.2) is 62.1 Å². The van der Waals surface area contributed by atoms with Crippen molar-refractivity contribution in [1.29, 1.82) is 5.41 Å². The van der Waals surface area contributed by atoms with Crippen LogP contribution in [0.25, 0.3) is 0 Å². The third kappa shape index (κ3) is 8.44. The number of thioether (sulfide) groups is 2. The molecule has 0 amide bonds. The molecule has 3 atom stereocenters. The normalized spacial score (nSPS) is 18.2. The van der Waals surface area contributed by atoms with E-state index >= 15 is 0 Å². The van der Waals surface area contributed by atoms with E-state index in [2.05, 4.69) is 24.7 Å². The number of aliphatic hydroxyl groups excluding tert-OH is 1. The quantitative estimate of drug-likeness (QED) is 0.104. The summed E-state index contributed by atoms with van der Waals surface area (Å²) in [6.45, 7) is 2.92. The van der Waals surface area contributed by atoms with Crippen molar-refractivity contribution in [2.75, 3.05) is 13.2 Å². The molecule has 0 bridgehead atoms. The molecule has 3 N–H and O–H groups in total. The lowest BCUT2D eigenvalue weighted by molar-refractivity contribution is -0.136. The number of oxime groups is 1. The highest BCUT2D eigenvalue weighted by Gasteiger charge is 2.30. The lowest BCUT2D eigenvalue weighted by Crippen LogP contribution is -2.17. The van der Waals surface area contributed by atoms with Gasteiger partial charge in [-0.15, -0.1) is 26.1 Å². The highest BCUT2D eigenvalue weighted by atomic mass is 35.5. The Morgan fingerprint density at radius 3 is 2.74 bits per heavy atom. The number of fused-ring (bicyclic) bond motifs is 1. The second-order valence-corrected chi connectivity index (χ2v) is 13.2. The number of unbranched alkanes of at least 4 members (excludes halogenated alkanes) is 2. The van der Waals surface area contributed by atoms with E-state index in [4.69, 9.17) is 33.4 Å². The van der Waals surface area contributed by atoms with Gasteiger partial charge in [-0.25, -0.2) is 0 Å². The van der Waals surface area contributed by atoms with E-state index in [1.165, 1.54) is 36.0 Å². The van der Waals surface area contributed by atoms with Gasteiger partial charge < -0.3 is 20.5 Å². The fraction of sp³-hybridized carbons (Fsp3) is 0.458. The number of aliphatic carboxylic acids is 1. The molecule has 1 aromatic carbocycles. The van der Waals surface area contributed by atoms with Crippen LogP contribution in [0.1, 0.15) is 44.7 Å². The van der Waals surface area contributed by atoms with E-state index in [1.807, 2.05) is 13.1 Å². The van der Waals surface area contributed by atoms with Gasteiger partial charge in [-0.05, 0) is 49.6 Å². The largest absolute Gasteiger partial charge is 0.481 e. The van der Waals surface area contributed by atoms with Gasteiger partial charge in [0.25, 0.3) is 0 Å². The van der Waals surface area contributed by atoms with Crippen LogP contribution in [0.2, 0.25) is 10.0 Å². The van der Waals surface area contributed by atoms with Gasteiger partial charge in [0.1, 0.15) is 6.61 Å². The zero-order valence-corrected chi connectivity index (χ0v) is 25.1. The summed E-state index contributed by atoms with van der Waals surface area (Å²) in [6.07, 6.45) is 7.55. The third-order valence-electron chi connectivity index (χ3n) is 5.66. The third-order valence-corrected chi connectivity index (χ3v) is 10.0. The van der Waals surface area contributed by atoms with Crippen molar-refractivity contribution in [2.45, 2.75) is 65.8 Å². The number of halogens is 2.